The van der Waals surface area contributed by atoms with E-state index in [4.69, 9.17) is 44.2 Å². The number of benzene rings is 2. The van der Waals surface area contributed by atoms with E-state index in [1.54, 1.807) is 0 Å². The Kier molecular flexibility index (Phi) is 11.2. The van der Waals surface area contributed by atoms with Crippen LogP contribution in [0.2, 0.25) is 10.0 Å². The first-order chi connectivity index (χ1) is 18.1. The zero-order valence-electron chi connectivity index (χ0n) is 20.1. The van der Waals surface area contributed by atoms with Crippen molar-refractivity contribution in [1.29, 1.82) is 0 Å². The summed E-state index contributed by atoms with van der Waals surface area (Å²) < 4.78 is 75.4. The zero-order chi connectivity index (χ0) is 29.4. The number of nitrogens with zero attached hydrogens (tertiary/aromatic N) is 1. The number of sulfonamides is 1. The van der Waals surface area contributed by atoms with Crippen molar-refractivity contribution in [3.8, 4) is 5.75 Å². The molecule has 2 rings (SSSR count). The molecule has 11 nitrogen and oxygen atoms in total. The van der Waals surface area contributed by atoms with E-state index in [9.17, 15) is 31.2 Å². The van der Waals surface area contributed by atoms with E-state index in [1.807, 2.05) is 4.72 Å². The van der Waals surface area contributed by atoms with Gasteiger partial charge in [-0.1, -0.05) is 35.3 Å². The van der Waals surface area contributed by atoms with Crippen molar-refractivity contribution in [2.45, 2.75) is 36.9 Å². The van der Waals surface area contributed by atoms with Crippen LogP contribution in [-0.4, -0.2) is 51.7 Å². The van der Waals surface area contributed by atoms with Gasteiger partial charge in [0, 0.05) is 11.4 Å². The molecule has 0 saturated carbocycles. The maximum atomic E-state index is 13.1. The Labute approximate surface area is 231 Å². The third-order valence-corrected chi connectivity index (χ3v) is 6.95. The molecule has 0 saturated heterocycles. The standard InChI is InChI=1S/C22H23Cl2F3N4O7S/c1-12-9-14(23)11-16(24)18(12)39(34,35)31-17(19(32)38-20(33)22(25,26)27)10-13-3-5-15(6-4-13)36-7-2-8-37-30-21(28)29/h3-6,9,11,17,31H,2,7-8,10H2,1H3,(H4,28,29,30)/t17-/m0/s1. The fourth-order valence-electron chi connectivity index (χ4n) is 3.06. The molecule has 0 spiro atoms. The molecule has 2 aromatic carbocycles. The first-order valence-electron chi connectivity index (χ1n) is 10.8. The van der Waals surface area contributed by atoms with Crippen LogP contribution in [0, 0.1) is 6.92 Å². The van der Waals surface area contributed by atoms with Gasteiger partial charge < -0.3 is 25.8 Å². The molecule has 39 heavy (non-hydrogen) atoms. The maximum absolute atomic E-state index is 13.1. The minimum atomic E-state index is -5.48. The SMILES string of the molecule is Cc1cc(Cl)cc(Cl)c1S(=O)(=O)N[C@@H](Cc1ccc(OCCCON=C(N)N)cc1)C(=O)OC(=O)C(F)(F)F. The zero-order valence-corrected chi connectivity index (χ0v) is 22.5. The normalized spacial score (nSPS) is 12.4. The van der Waals surface area contributed by atoms with Crippen LogP contribution in [-0.2, 0) is 35.6 Å². The number of rotatable bonds is 12. The van der Waals surface area contributed by atoms with Gasteiger partial charge in [-0.2, -0.15) is 17.9 Å². The van der Waals surface area contributed by atoms with E-state index < -0.39 is 45.5 Å². The number of ether oxygens (including phenoxy) is 2. The number of hydrogen-bond donors (Lipinski definition) is 3. The molecule has 0 aliphatic rings. The molecular weight excluding hydrogens is 592 g/mol. The van der Waals surface area contributed by atoms with E-state index in [2.05, 4.69) is 9.89 Å². The summed E-state index contributed by atoms with van der Waals surface area (Å²) in [7, 11) is -4.60. The van der Waals surface area contributed by atoms with Crippen molar-refractivity contribution in [1.82, 2.24) is 4.72 Å². The molecule has 5 N–H and O–H groups in total. The third kappa shape index (κ3) is 10.1. The van der Waals surface area contributed by atoms with Crippen molar-refractivity contribution in [2.75, 3.05) is 13.2 Å². The molecule has 0 aliphatic heterocycles. The van der Waals surface area contributed by atoms with E-state index in [1.165, 1.54) is 37.3 Å². The summed E-state index contributed by atoms with van der Waals surface area (Å²) in [5.74, 6) is -4.42. The largest absolute Gasteiger partial charge is 0.493 e. The second-order valence-corrected chi connectivity index (χ2v) is 10.3. The lowest BCUT2D eigenvalue weighted by molar-refractivity contribution is -0.202. The first-order valence-corrected chi connectivity index (χ1v) is 13.1. The fraction of sp³-hybridized carbons (Fsp3) is 0.318. The van der Waals surface area contributed by atoms with Crippen LogP contribution in [0.15, 0.2) is 46.4 Å². The molecule has 0 fully saturated rings. The number of alkyl halides is 3. The maximum Gasteiger partial charge on any atom is 0.491 e. The lowest BCUT2D eigenvalue weighted by Crippen LogP contribution is -2.45. The number of hydrogen-bond acceptors (Lipinski definition) is 8. The predicted molar refractivity (Wildman–Crippen MR) is 134 cm³/mol. The third-order valence-electron chi connectivity index (χ3n) is 4.65. The number of carbonyl (C=O) groups is 2. The Balaban J connectivity index is 2.20. The molecule has 0 radical (unpaired) electrons. The van der Waals surface area contributed by atoms with E-state index in [0.29, 0.717) is 17.7 Å². The summed E-state index contributed by atoms with van der Waals surface area (Å²) in [4.78, 5) is 28.1. The number of halogens is 5. The smallest absolute Gasteiger partial charge is 0.491 e. The van der Waals surface area contributed by atoms with Crippen molar-refractivity contribution in [3.63, 3.8) is 0 Å². The number of nitrogens with two attached hydrogens (primary N) is 2. The summed E-state index contributed by atoms with van der Waals surface area (Å²) in [5.41, 5.74) is 10.6. The van der Waals surface area contributed by atoms with Crippen LogP contribution in [0.1, 0.15) is 17.5 Å². The summed E-state index contributed by atoms with van der Waals surface area (Å²) >= 11 is 11.9. The van der Waals surface area contributed by atoms with Crippen LogP contribution in [0.25, 0.3) is 0 Å². The Bertz CT molecular complexity index is 1300. The van der Waals surface area contributed by atoms with Gasteiger partial charge in [0.05, 0.1) is 11.6 Å². The van der Waals surface area contributed by atoms with Gasteiger partial charge in [0.1, 0.15) is 23.3 Å². The van der Waals surface area contributed by atoms with Gasteiger partial charge >= 0.3 is 18.1 Å². The number of nitrogens with one attached hydrogen (secondary N) is 1. The fourth-order valence-corrected chi connectivity index (χ4v) is 5.43. The Morgan fingerprint density at radius 3 is 2.31 bits per heavy atom. The van der Waals surface area contributed by atoms with Crippen LogP contribution in [0.4, 0.5) is 13.2 Å². The average molecular weight is 615 g/mol. The molecule has 0 heterocycles. The molecule has 17 heteroatoms. The van der Waals surface area contributed by atoms with Gasteiger partial charge in [-0.15, -0.1) is 0 Å². The second kappa shape index (κ2) is 13.7. The highest BCUT2D eigenvalue weighted by Crippen LogP contribution is 2.29. The van der Waals surface area contributed by atoms with Gasteiger partial charge in [0.25, 0.3) is 0 Å². The lowest BCUT2D eigenvalue weighted by atomic mass is 10.1. The minimum absolute atomic E-state index is 0.101. The quantitative estimate of drug-likeness (QED) is 0.0811. The summed E-state index contributed by atoms with van der Waals surface area (Å²) in [6.07, 6.45) is -5.54. The van der Waals surface area contributed by atoms with Crippen LogP contribution >= 0.6 is 23.2 Å². The van der Waals surface area contributed by atoms with Gasteiger partial charge in [-0.05, 0) is 53.9 Å². The summed E-state index contributed by atoms with van der Waals surface area (Å²) in [6.45, 7) is 1.76. The number of carbonyl (C=O) groups excluding carboxylic acids is 2. The van der Waals surface area contributed by atoms with Crippen LogP contribution in [0.3, 0.4) is 0 Å². The number of guanidine groups is 1. The van der Waals surface area contributed by atoms with Crippen molar-refractivity contribution in [2.24, 2.45) is 16.6 Å². The average Bonchev–Trinajstić information content (AvgIpc) is 2.80. The van der Waals surface area contributed by atoms with Gasteiger partial charge in [0.15, 0.2) is 0 Å². The second-order valence-electron chi connectivity index (χ2n) is 7.81. The minimum Gasteiger partial charge on any atom is -0.493 e. The van der Waals surface area contributed by atoms with Crippen molar-refractivity contribution < 1.29 is 45.5 Å². The lowest BCUT2D eigenvalue weighted by Gasteiger charge is -2.19. The van der Waals surface area contributed by atoms with Gasteiger partial charge in [0.2, 0.25) is 16.0 Å². The number of aryl methyl sites for hydroxylation is 1. The van der Waals surface area contributed by atoms with E-state index >= 15 is 0 Å². The monoisotopic (exact) mass is 614 g/mol. The first kappa shape index (κ1) is 31.9. The Morgan fingerprint density at radius 2 is 1.74 bits per heavy atom. The van der Waals surface area contributed by atoms with Gasteiger partial charge in [-0.25, -0.2) is 18.0 Å². The summed E-state index contributed by atoms with van der Waals surface area (Å²) in [6, 6.07) is 6.31. The molecule has 214 valence electrons. The molecular formula is C22H23Cl2F3N4O7S. The number of oxime groups is 1. The molecule has 0 amide bonds. The van der Waals surface area contributed by atoms with Crippen molar-refractivity contribution >= 4 is 51.1 Å². The topological polar surface area (TPSA) is 172 Å². The highest BCUT2D eigenvalue weighted by atomic mass is 35.5. The highest BCUT2D eigenvalue weighted by molar-refractivity contribution is 7.89. The molecule has 0 aromatic heterocycles. The molecule has 0 bridgehead atoms. The molecule has 0 aliphatic carbocycles. The summed E-state index contributed by atoms with van der Waals surface area (Å²) in [5, 5.41) is 3.18. The Morgan fingerprint density at radius 1 is 1.10 bits per heavy atom. The van der Waals surface area contributed by atoms with Crippen molar-refractivity contribution in [3.05, 3.63) is 57.6 Å². The van der Waals surface area contributed by atoms with E-state index in [0.717, 1.165) is 6.07 Å². The molecule has 1 atom stereocenters. The van der Waals surface area contributed by atoms with Gasteiger partial charge in [-0.3, -0.25) is 0 Å². The van der Waals surface area contributed by atoms with Crippen LogP contribution in [0.5, 0.6) is 5.75 Å². The van der Waals surface area contributed by atoms with E-state index in [-0.39, 0.29) is 34.8 Å². The highest BCUT2D eigenvalue weighted by Gasteiger charge is 2.44. The number of esters is 2. The molecule has 0 unspecified atom stereocenters. The predicted octanol–water partition coefficient (Wildman–Crippen LogP) is 2.80. The van der Waals surface area contributed by atoms with Crippen LogP contribution < -0.4 is 20.9 Å². The Hall–Kier alpha value is -3.27. The molecule has 2 aromatic rings.